The lowest BCUT2D eigenvalue weighted by molar-refractivity contribution is -0.141. The maximum Gasteiger partial charge on any atom is 0.433 e. The van der Waals surface area contributed by atoms with Crippen LogP contribution in [0.25, 0.3) is 0 Å². The van der Waals surface area contributed by atoms with E-state index in [9.17, 15) is 18.0 Å². The van der Waals surface area contributed by atoms with Crippen LogP contribution in [0.15, 0.2) is 24.3 Å². The Morgan fingerprint density at radius 2 is 1.95 bits per heavy atom. The molecule has 3 rings (SSSR count). The number of halogens is 4. The minimum Gasteiger partial charge on any atom is -0.369 e. The molecule has 1 aliphatic rings. The number of aromatic nitrogens is 2. The number of fused-ring (bicyclic) bond motifs is 1. The molecule has 1 aliphatic heterocycles. The summed E-state index contributed by atoms with van der Waals surface area (Å²) in [7, 11) is 0. The van der Waals surface area contributed by atoms with Crippen molar-refractivity contribution in [1.29, 1.82) is 0 Å². The lowest BCUT2D eigenvalue weighted by atomic mass is 10.1. The quantitative estimate of drug-likeness (QED) is 0.859. The van der Waals surface area contributed by atoms with Gasteiger partial charge in [-0.05, 0) is 18.6 Å². The third-order valence-corrected chi connectivity index (χ3v) is 3.59. The number of rotatable bonds is 2. The first-order valence-corrected chi connectivity index (χ1v) is 6.77. The topological polar surface area (TPSA) is 54.9 Å². The van der Waals surface area contributed by atoms with Gasteiger partial charge in [0.15, 0.2) is 5.69 Å². The molecular weight excluding hydrogens is 319 g/mol. The van der Waals surface area contributed by atoms with Gasteiger partial charge in [0.1, 0.15) is 5.82 Å². The van der Waals surface area contributed by atoms with Crippen LogP contribution in [0.2, 0.25) is 5.02 Å². The highest BCUT2D eigenvalue weighted by Gasteiger charge is 2.39. The molecule has 4 nitrogen and oxygen atoms in total. The maximum absolute atomic E-state index is 13.1. The highest BCUT2D eigenvalue weighted by molar-refractivity contribution is 6.34. The standard InChI is InChI=1S/C14H9ClF3N3O/c15-9-4-2-1-3-7(9)10(22)13-20-11(14(16,17)18)8-5-6-19-12(8)21-13/h1-4H,5-6H2,(H,19,20,21). The van der Waals surface area contributed by atoms with Crippen LogP contribution in [0.4, 0.5) is 19.0 Å². The average Bonchev–Trinajstić information content (AvgIpc) is 2.93. The Balaban J connectivity index is 2.13. The van der Waals surface area contributed by atoms with Gasteiger partial charge in [-0.3, -0.25) is 4.79 Å². The number of anilines is 1. The Labute approximate surface area is 128 Å². The van der Waals surface area contributed by atoms with Crippen LogP contribution in [0.5, 0.6) is 0 Å². The molecule has 2 aromatic rings. The zero-order valence-corrected chi connectivity index (χ0v) is 11.8. The predicted octanol–water partition coefficient (Wildman–Crippen LogP) is 3.35. The van der Waals surface area contributed by atoms with Gasteiger partial charge in [-0.2, -0.15) is 13.2 Å². The Bertz CT molecular complexity index is 761. The SMILES string of the molecule is O=C(c1nc2c(c(C(F)(F)F)n1)CCN2)c1ccccc1Cl. The first-order valence-electron chi connectivity index (χ1n) is 6.39. The van der Waals surface area contributed by atoms with E-state index in [1.165, 1.54) is 12.1 Å². The fourth-order valence-corrected chi connectivity index (χ4v) is 2.50. The van der Waals surface area contributed by atoms with E-state index in [2.05, 4.69) is 15.3 Å². The molecule has 0 aliphatic carbocycles. The van der Waals surface area contributed by atoms with Crippen LogP contribution < -0.4 is 5.32 Å². The van der Waals surface area contributed by atoms with Crippen molar-refractivity contribution in [2.24, 2.45) is 0 Å². The number of carbonyl (C=O) groups is 1. The van der Waals surface area contributed by atoms with Crippen molar-refractivity contribution in [3.05, 3.63) is 51.9 Å². The minimum absolute atomic E-state index is 0.0109. The van der Waals surface area contributed by atoms with Crippen molar-refractivity contribution in [3.63, 3.8) is 0 Å². The fourth-order valence-electron chi connectivity index (χ4n) is 2.27. The van der Waals surface area contributed by atoms with Gasteiger partial charge in [0.25, 0.3) is 0 Å². The summed E-state index contributed by atoms with van der Waals surface area (Å²) in [6.45, 7) is 0.330. The molecule has 0 saturated carbocycles. The molecule has 0 amide bonds. The second-order valence-electron chi connectivity index (χ2n) is 4.71. The van der Waals surface area contributed by atoms with Crippen molar-refractivity contribution in [3.8, 4) is 0 Å². The smallest absolute Gasteiger partial charge is 0.369 e. The van der Waals surface area contributed by atoms with Crippen molar-refractivity contribution < 1.29 is 18.0 Å². The van der Waals surface area contributed by atoms with Crippen LogP contribution >= 0.6 is 11.6 Å². The van der Waals surface area contributed by atoms with Gasteiger partial charge in [-0.25, -0.2) is 9.97 Å². The van der Waals surface area contributed by atoms with E-state index in [1.54, 1.807) is 12.1 Å². The van der Waals surface area contributed by atoms with Gasteiger partial charge in [0.2, 0.25) is 11.6 Å². The Hall–Kier alpha value is -2.15. The molecule has 0 unspecified atom stereocenters. The second-order valence-corrected chi connectivity index (χ2v) is 5.11. The monoisotopic (exact) mass is 327 g/mol. The number of nitrogens with zero attached hydrogens (tertiary/aromatic N) is 2. The molecule has 2 heterocycles. The second kappa shape index (κ2) is 5.24. The van der Waals surface area contributed by atoms with Gasteiger partial charge < -0.3 is 5.32 Å². The largest absolute Gasteiger partial charge is 0.433 e. The third kappa shape index (κ3) is 2.52. The van der Waals surface area contributed by atoms with Gasteiger partial charge in [-0.1, -0.05) is 23.7 Å². The summed E-state index contributed by atoms with van der Waals surface area (Å²) in [5.41, 5.74) is -1.02. The summed E-state index contributed by atoms with van der Waals surface area (Å²) in [6.07, 6.45) is -4.47. The summed E-state index contributed by atoms with van der Waals surface area (Å²) in [5, 5.41) is 2.87. The summed E-state index contributed by atoms with van der Waals surface area (Å²) in [4.78, 5) is 19.7. The van der Waals surface area contributed by atoms with Gasteiger partial charge in [-0.15, -0.1) is 0 Å². The van der Waals surface area contributed by atoms with E-state index in [1.807, 2.05) is 0 Å². The molecule has 0 fully saturated rings. The summed E-state index contributed by atoms with van der Waals surface area (Å²) >= 11 is 5.90. The molecular formula is C14H9ClF3N3O. The summed E-state index contributed by atoms with van der Waals surface area (Å²) in [6, 6.07) is 6.08. The Morgan fingerprint density at radius 1 is 1.23 bits per heavy atom. The molecule has 0 radical (unpaired) electrons. The zero-order chi connectivity index (χ0) is 15.9. The number of nitrogens with one attached hydrogen (secondary N) is 1. The number of alkyl halides is 3. The van der Waals surface area contributed by atoms with Crippen LogP contribution in [-0.2, 0) is 12.6 Å². The number of hydrogen-bond donors (Lipinski definition) is 1. The highest BCUT2D eigenvalue weighted by Crippen LogP contribution is 2.35. The van der Waals surface area contributed by atoms with Gasteiger partial charge in [0, 0.05) is 17.7 Å². The lowest BCUT2D eigenvalue weighted by Crippen LogP contribution is -2.17. The molecule has 1 aromatic heterocycles. The van der Waals surface area contributed by atoms with E-state index < -0.39 is 23.5 Å². The van der Waals surface area contributed by atoms with E-state index in [4.69, 9.17) is 11.6 Å². The molecule has 0 atom stereocenters. The van der Waals surface area contributed by atoms with E-state index in [-0.39, 0.29) is 28.4 Å². The van der Waals surface area contributed by atoms with Gasteiger partial charge >= 0.3 is 6.18 Å². The number of hydrogen-bond acceptors (Lipinski definition) is 4. The summed E-state index contributed by atoms with van der Waals surface area (Å²) in [5.74, 6) is -1.21. The van der Waals surface area contributed by atoms with Gasteiger partial charge in [0.05, 0.1) is 5.02 Å². The zero-order valence-electron chi connectivity index (χ0n) is 11.0. The maximum atomic E-state index is 13.1. The Kier molecular flexibility index (Phi) is 3.52. The summed E-state index contributed by atoms with van der Waals surface area (Å²) < 4.78 is 39.3. The van der Waals surface area contributed by atoms with Crippen LogP contribution in [0.1, 0.15) is 27.4 Å². The molecule has 1 aromatic carbocycles. The minimum atomic E-state index is -4.64. The highest BCUT2D eigenvalue weighted by atomic mass is 35.5. The van der Waals surface area contributed by atoms with Crippen LogP contribution in [-0.4, -0.2) is 22.3 Å². The number of carbonyl (C=O) groups excluding carboxylic acids is 1. The molecule has 114 valence electrons. The average molecular weight is 328 g/mol. The molecule has 1 N–H and O–H groups in total. The van der Waals surface area contributed by atoms with E-state index in [0.717, 1.165) is 0 Å². The first-order chi connectivity index (χ1) is 10.4. The molecule has 0 spiro atoms. The molecule has 0 bridgehead atoms. The van der Waals surface area contributed by atoms with Crippen LogP contribution in [0.3, 0.4) is 0 Å². The molecule has 22 heavy (non-hydrogen) atoms. The third-order valence-electron chi connectivity index (χ3n) is 3.26. The molecule has 8 heteroatoms. The van der Waals surface area contributed by atoms with Crippen molar-refractivity contribution >= 4 is 23.2 Å². The van der Waals surface area contributed by atoms with E-state index >= 15 is 0 Å². The van der Waals surface area contributed by atoms with Crippen molar-refractivity contribution in [2.75, 3.05) is 11.9 Å². The fraction of sp³-hybridized carbons (Fsp3) is 0.214. The first kappa shape index (κ1) is 14.8. The van der Waals surface area contributed by atoms with Crippen molar-refractivity contribution in [1.82, 2.24) is 9.97 Å². The molecule has 0 saturated heterocycles. The predicted molar refractivity (Wildman–Crippen MR) is 74.1 cm³/mol. The van der Waals surface area contributed by atoms with Crippen molar-refractivity contribution in [2.45, 2.75) is 12.6 Å². The Morgan fingerprint density at radius 3 is 2.64 bits per heavy atom. The normalized spacial score (nSPS) is 13.6. The lowest BCUT2D eigenvalue weighted by Gasteiger charge is -2.12. The number of benzene rings is 1. The van der Waals surface area contributed by atoms with E-state index in [0.29, 0.717) is 6.54 Å². The van der Waals surface area contributed by atoms with Crippen LogP contribution in [0, 0.1) is 0 Å². The number of ketones is 1.